The molecule has 4 heterocycles. The number of carbonyl (C=O) groups is 2. The highest BCUT2D eigenvalue weighted by atomic mass is 32.2. The maximum atomic E-state index is 14.3. The van der Waals surface area contributed by atoms with Crippen molar-refractivity contribution in [2.75, 3.05) is 23.4 Å². The lowest BCUT2D eigenvalue weighted by Crippen LogP contribution is -2.50. The Morgan fingerprint density at radius 3 is 2.56 bits per heavy atom. The first-order chi connectivity index (χ1) is 17.3. The van der Waals surface area contributed by atoms with Gasteiger partial charge in [0.1, 0.15) is 11.5 Å². The Kier molecular flexibility index (Phi) is 7.34. The number of anilines is 1. The minimum Gasteiger partial charge on any atom is -0.367 e. The molecular formula is C24H29F2N5O3S2. The van der Waals surface area contributed by atoms with Crippen molar-refractivity contribution in [3.8, 4) is 10.4 Å². The zero-order chi connectivity index (χ0) is 25.4. The zero-order valence-electron chi connectivity index (χ0n) is 20.0. The van der Waals surface area contributed by atoms with E-state index in [4.69, 9.17) is 0 Å². The number of halogens is 2. The molecule has 2 aromatic heterocycles. The molecule has 8 nitrogen and oxygen atoms in total. The van der Waals surface area contributed by atoms with E-state index in [2.05, 4.69) is 20.6 Å². The van der Waals surface area contributed by atoms with Crippen LogP contribution in [0.25, 0.3) is 10.4 Å². The monoisotopic (exact) mass is 537 g/mol. The number of hydrogen-bond donors (Lipinski definition) is 2. The highest BCUT2D eigenvalue weighted by Crippen LogP contribution is 2.39. The Hall–Kier alpha value is -2.47. The van der Waals surface area contributed by atoms with Crippen molar-refractivity contribution in [3.63, 3.8) is 0 Å². The number of thiazole rings is 1. The molecule has 2 amide bonds. The van der Waals surface area contributed by atoms with Gasteiger partial charge in [0, 0.05) is 58.3 Å². The number of amides is 2. The summed E-state index contributed by atoms with van der Waals surface area (Å²) in [5.41, 5.74) is -0.145. The number of aromatic nitrogens is 2. The van der Waals surface area contributed by atoms with Gasteiger partial charge in [0.2, 0.25) is 0 Å². The van der Waals surface area contributed by atoms with Gasteiger partial charge >= 0.3 is 0 Å². The fourth-order valence-corrected chi connectivity index (χ4v) is 7.00. The predicted molar refractivity (Wildman–Crippen MR) is 135 cm³/mol. The van der Waals surface area contributed by atoms with Crippen LogP contribution >= 0.6 is 11.3 Å². The van der Waals surface area contributed by atoms with Crippen LogP contribution in [0.15, 0.2) is 12.3 Å². The molecule has 1 atom stereocenters. The number of rotatable bonds is 7. The van der Waals surface area contributed by atoms with Crippen molar-refractivity contribution >= 4 is 39.8 Å². The number of pyridine rings is 1. The topological polar surface area (TPSA) is 104 Å². The van der Waals surface area contributed by atoms with Gasteiger partial charge in [-0.2, -0.15) is 0 Å². The lowest BCUT2D eigenvalue weighted by molar-refractivity contribution is 0.0743. The molecule has 3 aliphatic rings. The molecule has 0 spiro atoms. The molecule has 1 saturated carbocycles. The molecule has 2 saturated heterocycles. The van der Waals surface area contributed by atoms with Crippen molar-refractivity contribution in [1.29, 1.82) is 0 Å². The fraction of sp³-hybridized carbons (Fsp3) is 0.583. The number of likely N-dealkylation sites (tertiary alicyclic amines) is 1. The summed E-state index contributed by atoms with van der Waals surface area (Å²) in [5, 5.41) is 6.04. The van der Waals surface area contributed by atoms with Crippen LogP contribution in [-0.2, 0) is 10.8 Å². The summed E-state index contributed by atoms with van der Waals surface area (Å²) in [4.78, 5) is 37.0. The molecular weight excluding hydrogens is 508 g/mol. The standard InChI is InChI=1S/C24H29F2N5O3S2/c1-13-5-4-8-31(13)24(33)19-20(35-23(30-19)22(32)29-15-11-36(34)12-15)17-10-27-18(9-16(17)21(25)26)28-14-6-2-3-7-14/h9-10,13-15,21H,2-8,11-12H2,1H3,(H,27,28)(H,29,32). The van der Waals surface area contributed by atoms with Gasteiger partial charge in [-0.15, -0.1) is 11.3 Å². The van der Waals surface area contributed by atoms with Gasteiger partial charge in [-0.1, -0.05) is 12.8 Å². The van der Waals surface area contributed by atoms with Crippen LogP contribution in [0.5, 0.6) is 0 Å². The van der Waals surface area contributed by atoms with Gasteiger partial charge in [0.15, 0.2) is 5.01 Å². The Morgan fingerprint density at radius 2 is 1.92 bits per heavy atom. The molecule has 1 unspecified atom stereocenters. The zero-order valence-corrected chi connectivity index (χ0v) is 21.6. The Labute approximate surface area is 214 Å². The second-order valence-electron chi connectivity index (χ2n) is 9.71. The largest absolute Gasteiger partial charge is 0.367 e. The fourth-order valence-electron chi connectivity index (χ4n) is 5.05. The average molecular weight is 538 g/mol. The summed E-state index contributed by atoms with van der Waals surface area (Å²) in [6, 6.07) is 1.33. The minimum atomic E-state index is -2.80. The molecule has 0 aromatic carbocycles. The van der Waals surface area contributed by atoms with E-state index in [9.17, 15) is 22.6 Å². The van der Waals surface area contributed by atoms with Crippen LogP contribution in [0.2, 0.25) is 0 Å². The van der Waals surface area contributed by atoms with Crippen molar-refractivity contribution < 1.29 is 22.6 Å². The second-order valence-corrected chi connectivity index (χ2v) is 12.3. The number of carbonyl (C=O) groups excluding carboxylic acids is 2. The lowest BCUT2D eigenvalue weighted by atomic mass is 10.1. The highest BCUT2D eigenvalue weighted by molar-refractivity contribution is 7.86. The third-order valence-electron chi connectivity index (χ3n) is 7.07. The van der Waals surface area contributed by atoms with Crippen LogP contribution in [0.4, 0.5) is 14.6 Å². The molecule has 2 aromatic rings. The van der Waals surface area contributed by atoms with Crippen LogP contribution in [-0.4, -0.2) is 67.1 Å². The molecule has 5 rings (SSSR count). The van der Waals surface area contributed by atoms with E-state index in [1.807, 2.05) is 6.92 Å². The summed E-state index contributed by atoms with van der Waals surface area (Å²) >= 11 is 0.917. The Bertz CT molecular complexity index is 1180. The number of hydrogen-bond acceptors (Lipinski definition) is 7. The predicted octanol–water partition coefficient (Wildman–Crippen LogP) is 3.98. The smallest absolute Gasteiger partial charge is 0.280 e. The molecule has 0 bridgehead atoms. The van der Waals surface area contributed by atoms with Crippen LogP contribution < -0.4 is 10.6 Å². The van der Waals surface area contributed by atoms with E-state index < -0.39 is 23.1 Å². The van der Waals surface area contributed by atoms with Gasteiger partial charge < -0.3 is 15.5 Å². The van der Waals surface area contributed by atoms with Gasteiger partial charge in [-0.05, 0) is 38.7 Å². The van der Waals surface area contributed by atoms with E-state index in [1.54, 1.807) is 4.90 Å². The Balaban J connectivity index is 1.51. The van der Waals surface area contributed by atoms with Crippen molar-refractivity contribution in [2.24, 2.45) is 0 Å². The summed E-state index contributed by atoms with van der Waals surface area (Å²) < 4.78 is 39.9. The molecule has 2 N–H and O–H groups in total. The first kappa shape index (κ1) is 25.2. The summed E-state index contributed by atoms with van der Waals surface area (Å²) in [7, 11) is -0.940. The molecule has 194 valence electrons. The van der Waals surface area contributed by atoms with E-state index in [-0.39, 0.29) is 50.7 Å². The summed E-state index contributed by atoms with van der Waals surface area (Å²) in [6.07, 6.45) is 4.40. The van der Waals surface area contributed by atoms with Gasteiger partial charge in [0.05, 0.1) is 10.9 Å². The van der Waals surface area contributed by atoms with Crippen LogP contribution in [0.1, 0.15) is 77.7 Å². The van der Waals surface area contributed by atoms with Crippen molar-refractivity contribution in [3.05, 3.63) is 28.5 Å². The maximum absolute atomic E-state index is 14.3. The number of alkyl halides is 2. The van der Waals surface area contributed by atoms with Crippen molar-refractivity contribution in [2.45, 2.75) is 70.0 Å². The van der Waals surface area contributed by atoms with Gasteiger partial charge in [-0.3, -0.25) is 13.8 Å². The number of nitrogens with zero attached hydrogens (tertiary/aromatic N) is 3. The van der Waals surface area contributed by atoms with E-state index in [0.29, 0.717) is 23.9 Å². The van der Waals surface area contributed by atoms with Gasteiger partial charge in [0.25, 0.3) is 18.2 Å². The van der Waals surface area contributed by atoms with E-state index >= 15 is 0 Å². The molecule has 3 fully saturated rings. The molecule has 12 heteroatoms. The normalized spacial score (nSPS) is 24.2. The van der Waals surface area contributed by atoms with E-state index in [1.165, 1.54) is 12.3 Å². The van der Waals surface area contributed by atoms with Gasteiger partial charge in [-0.25, -0.2) is 18.7 Å². The average Bonchev–Trinajstić information content (AvgIpc) is 3.58. The van der Waals surface area contributed by atoms with Crippen LogP contribution in [0.3, 0.4) is 0 Å². The molecule has 2 aliphatic heterocycles. The Morgan fingerprint density at radius 1 is 1.17 bits per heavy atom. The summed E-state index contributed by atoms with van der Waals surface area (Å²) in [6.45, 7) is 2.49. The van der Waals surface area contributed by atoms with E-state index in [0.717, 1.165) is 49.9 Å². The summed E-state index contributed by atoms with van der Waals surface area (Å²) in [5.74, 6) is 0.250. The third kappa shape index (κ3) is 5.15. The first-order valence-electron chi connectivity index (χ1n) is 12.3. The molecule has 1 aliphatic carbocycles. The quantitative estimate of drug-likeness (QED) is 0.554. The second kappa shape index (κ2) is 10.5. The SMILES string of the molecule is CC1CCCN1C(=O)c1nc(C(=O)NC2CS(=O)C2)sc1-c1cnc(NC2CCCC2)cc1C(F)F. The van der Waals surface area contributed by atoms with Crippen molar-refractivity contribution in [1.82, 2.24) is 20.2 Å². The third-order valence-corrected chi connectivity index (χ3v) is 9.71. The number of nitrogens with one attached hydrogen (secondary N) is 2. The first-order valence-corrected chi connectivity index (χ1v) is 14.6. The molecule has 36 heavy (non-hydrogen) atoms. The maximum Gasteiger partial charge on any atom is 0.280 e. The minimum absolute atomic E-state index is 0.0000333. The highest BCUT2D eigenvalue weighted by Gasteiger charge is 2.34. The lowest BCUT2D eigenvalue weighted by Gasteiger charge is -2.25. The molecule has 0 radical (unpaired) electrons. The van der Waals surface area contributed by atoms with Crippen LogP contribution in [0, 0.1) is 0 Å².